The van der Waals surface area contributed by atoms with E-state index in [1.807, 2.05) is 32.2 Å². The van der Waals surface area contributed by atoms with Gasteiger partial charge in [0.2, 0.25) is 0 Å². The van der Waals surface area contributed by atoms with Crippen molar-refractivity contribution in [2.45, 2.75) is 37.4 Å². The Labute approximate surface area is 235 Å². The highest BCUT2D eigenvalue weighted by Gasteiger charge is 2.33. The van der Waals surface area contributed by atoms with Gasteiger partial charge in [-0.3, -0.25) is 14.4 Å². The number of nitrogens with one attached hydrogen (secondary N) is 1. The van der Waals surface area contributed by atoms with E-state index in [0.29, 0.717) is 23.9 Å². The maximum Gasteiger partial charge on any atom is 0.261 e. The summed E-state index contributed by atoms with van der Waals surface area (Å²) in [5, 5.41) is 10.3. The van der Waals surface area contributed by atoms with Crippen molar-refractivity contribution < 1.29 is 23.1 Å². The number of anilines is 1. The normalized spacial score (nSPS) is 18.6. The fraction of sp³-hybridized carbons (Fsp3) is 0.345. The van der Waals surface area contributed by atoms with E-state index < -0.39 is 16.1 Å². The summed E-state index contributed by atoms with van der Waals surface area (Å²) in [6.45, 7) is 5.35. The number of amides is 1. The number of fused-ring (bicyclic) bond motifs is 1. The molecule has 0 fully saturated rings. The van der Waals surface area contributed by atoms with E-state index in [0.717, 1.165) is 6.54 Å². The largest absolute Gasteiger partial charge is 0.488 e. The Morgan fingerprint density at radius 1 is 1.13 bits per heavy atom. The zero-order chi connectivity index (χ0) is 28.2. The van der Waals surface area contributed by atoms with Gasteiger partial charge in [0.15, 0.2) is 0 Å². The second-order valence-electron chi connectivity index (χ2n) is 10.1. The van der Waals surface area contributed by atoms with E-state index in [1.54, 1.807) is 24.0 Å². The number of aliphatic hydroxyl groups excluding tert-OH is 1. The number of ether oxygens (including phenoxy) is 1. The lowest BCUT2D eigenvalue weighted by Crippen LogP contribution is -2.49. The predicted molar refractivity (Wildman–Crippen MR) is 153 cm³/mol. The van der Waals surface area contributed by atoms with Gasteiger partial charge in [0.1, 0.15) is 11.9 Å². The van der Waals surface area contributed by atoms with E-state index in [2.05, 4.69) is 21.8 Å². The molecule has 0 bridgehead atoms. The minimum atomic E-state index is -3.91. The van der Waals surface area contributed by atoms with Crippen LogP contribution in [0.5, 0.6) is 5.75 Å². The van der Waals surface area contributed by atoms with E-state index >= 15 is 0 Å². The number of nitrogens with zero attached hydrogens (tertiary/aromatic N) is 2. The van der Waals surface area contributed by atoms with E-state index in [4.69, 9.17) is 16.3 Å². The van der Waals surface area contributed by atoms with Crippen LogP contribution in [0.1, 0.15) is 29.8 Å². The van der Waals surface area contributed by atoms with Crippen LogP contribution in [0.3, 0.4) is 0 Å². The average molecular weight is 572 g/mol. The van der Waals surface area contributed by atoms with Crippen LogP contribution in [0.15, 0.2) is 77.7 Å². The van der Waals surface area contributed by atoms with Crippen molar-refractivity contribution in [3.05, 3.63) is 88.9 Å². The highest BCUT2D eigenvalue weighted by atomic mass is 35.5. The Balaban J connectivity index is 1.63. The number of carbonyl (C=O) groups excluding carboxylic acids is 1. The van der Waals surface area contributed by atoms with Gasteiger partial charge in [-0.25, -0.2) is 8.42 Å². The molecule has 3 atom stereocenters. The van der Waals surface area contributed by atoms with Crippen LogP contribution in [0.4, 0.5) is 5.69 Å². The quantitative estimate of drug-likeness (QED) is 0.392. The molecule has 39 heavy (non-hydrogen) atoms. The summed E-state index contributed by atoms with van der Waals surface area (Å²) >= 11 is 5.90. The summed E-state index contributed by atoms with van der Waals surface area (Å²) in [6, 6.07) is 20.2. The fourth-order valence-corrected chi connectivity index (χ4v) is 5.77. The van der Waals surface area contributed by atoms with Crippen LogP contribution >= 0.6 is 11.6 Å². The first-order valence-corrected chi connectivity index (χ1v) is 14.7. The molecule has 3 aromatic carbocycles. The molecule has 0 aromatic heterocycles. The van der Waals surface area contributed by atoms with E-state index in [9.17, 15) is 18.3 Å². The van der Waals surface area contributed by atoms with Gasteiger partial charge in [-0.2, -0.15) is 0 Å². The Morgan fingerprint density at radius 2 is 1.82 bits per heavy atom. The smallest absolute Gasteiger partial charge is 0.261 e. The third kappa shape index (κ3) is 7.10. The number of aliphatic hydroxyl groups is 1. The van der Waals surface area contributed by atoms with E-state index in [-0.39, 0.29) is 40.7 Å². The summed E-state index contributed by atoms with van der Waals surface area (Å²) in [6.07, 6.45) is -0.254. The zero-order valence-corrected chi connectivity index (χ0v) is 23.8. The molecular formula is C29H34ClN3O5S. The zero-order valence-electron chi connectivity index (χ0n) is 22.2. The Hall–Kier alpha value is -3.11. The third-order valence-electron chi connectivity index (χ3n) is 6.83. The van der Waals surface area contributed by atoms with Crippen molar-refractivity contribution in [2.75, 3.05) is 31.5 Å². The van der Waals surface area contributed by atoms with Crippen LogP contribution in [-0.2, 0) is 16.6 Å². The first kappa shape index (κ1) is 28.9. The standard InChI is InChI=1S/C29H34ClN3O5S/c1-20-16-33(21(2)19-34)29(35)26-15-24(31-39(36,37)25-12-9-23(30)10-13-25)11-14-27(26)38-28(20)18-32(3)17-22-7-5-4-6-8-22/h4-15,20-21,28,31,34H,16-19H2,1-3H3/t20-,21-,28+/m1/s1. The molecule has 208 valence electrons. The Kier molecular flexibility index (Phi) is 9.17. The maximum atomic E-state index is 13.7. The molecule has 10 heteroatoms. The van der Waals surface area contributed by atoms with E-state index in [1.165, 1.54) is 35.9 Å². The van der Waals surface area contributed by atoms with Gasteiger partial charge in [-0.15, -0.1) is 0 Å². The number of carbonyl (C=O) groups is 1. The molecule has 0 radical (unpaired) electrons. The van der Waals surface area contributed by atoms with Gasteiger partial charge < -0.3 is 14.7 Å². The first-order valence-electron chi connectivity index (χ1n) is 12.8. The molecule has 4 rings (SSSR count). The molecule has 0 spiro atoms. The van der Waals surface area contributed by atoms with Crippen LogP contribution in [0.25, 0.3) is 0 Å². The molecule has 1 amide bonds. The number of hydrogen-bond acceptors (Lipinski definition) is 6. The maximum absolute atomic E-state index is 13.7. The molecule has 0 unspecified atom stereocenters. The Bertz CT molecular complexity index is 1390. The molecule has 8 nitrogen and oxygen atoms in total. The number of benzene rings is 3. The number of hydrogen-bond donors (Lipinski definition) is 2. The minimum absolute atomic E-state index is 0.0302. The minimum Gasteiger partial charge on any atom is -0.488 e. The van der Waals surface area contributed by atoms with Crippen molar-refractivity contribution in [3.63, 3.8) is 0 Å². The van der Waals surface area contributed by atoms with Gasteiger partial charge in [0.25, 0.3) is 15.9 Å². The number of sulfonamides is 1. The predicted octanol–water partition coefficient (Wildman–Crippen LogP) is 4.49. The number of likely N-dealkylation sites (N-methyl/N-ethyl adjacent to an activating group) is 1. The highest BCUT2D eigenvalue weighted by molar-refractivity contribution is 7.92. The molecule has 1 aliphatic heterocycles. The molecule has 1 aliphatic rings. The molecule has 3 aromatic rings. The van der Waals surface area contributed by atoms with Crippen LogP contribution < -0.4 is 9.46 Å². The van der Waals surface area contributed by atoms with Gasteiger partial charge in [0.05, 0.1) is 23.1 Å². The molecule has 2 N–H and O–H groups in total. The Morgan fingerprint density at radius 3 is 2.49 bits per heavy atom. The summed E-state index contributed by atoms with van der Waals surface area (Å²) < 4.78 is 34.9. The van der Waals surface area contributed by atoms with Crippen molar-refractivity contribution in [3.8, 4) is 5.75 Å². The highest BCUT2D eigenvalue weighted by Crippen LogP contribution is 2.31. The summed E-state index contributed by atoms with van der Waals surface area (Å²) in [4.78, 5) is 17.5. The number of halogens is 1. The second-order valence-corrected chi connectivity index (χ2v) is 12.2. The summed E-state index contributed by atoms with van der Waals surface area (Å²) in [5.74, 6) is 0.00804. The van der Waals surface area contributed by atoms with Crippen molar-refractivity contribution in [1.29, 1.82) is 0 Å². The van der Waals surface area contributed by atoms with Gasteiger partial charge in [-0.05, 0) is 62.0 Å². The monoisotopic (exact) mass is 571 g/mol. The molecule has 1 heterocycles. The first-order chi connectivity index (χ1) is 18.6. The molecule has 0 saturated heterocycles. The van der Waals surface area contributed by atoms with Gasteiger partial charge in [0, 0.05) is 36.3 Å². The second kappa shape index (κ2) is 12.4. The van der Waals surface area contributed by atoms with Crippen LogP contribution in [-0.4, -0.2) is 68.1 Å². The van der Waals surface area contributed by atoms with Crippen LogP contribution in [0, 0.1) is 5.92 Å². The lowest BCUT2D eigenvalue weighted by Gasteiger charge is -2.38. The summed E-state index contributed by atoms with van der Waals surface area (Å²) in [7, 11) is -1.89. The van der Waals surface area contributed by atoms with Gasteiger partial charge in [-0.1, -0.05) is 48.9 Å². The van der Waals surface area contributed by atoms with Crippen molar-refractivity contribution >= 4 is 33.2 Å². The average Bonchev–Trinajstić information content (AvgIpc) is 2.91. The molecule has 0 saturated carbocycles. The molecule has 0 aliphatic carbocycles. The van der Waals surface area contributed by atoms with Crippen molar-refractivity contribution in [2.24, 2.45) is 5.92 Å². The van der Waals surface area contributed by atoms with Crippen molar-refractivity contribution in [1.82, 2.24) is 9.80 Å². The number of rotatable bonds is 9. The lowest BCUT2D eigenvalue weighted by atomic mass is 9.99. The molecular weight excluding hydrogens is 538 g/mol. The summed E-state index contributed by atoms with van der Waals surface area (Å²) in [5.41, 5.74) is 1.64. The lowest BCUT2D eigenvalue weighted by molar-refractivity contribution is 0.0341. The van der Waals surface area contributed by atoms with Crippen LogP contribution in [0.2, 0.25) is 5.02 Å². The topological polar surface area (TPSA) is 99.2 Å². The SMILES string of the molecule is C[C@@H]1CN([C@H](C)CO)C(=O)c2cc(NS(=O)(=O)c3ccc(Cl)cc3)ccc2O[C@H]1CN(C)Cc1ccccc1. The van der Waals surface area contributed by atoms with Gasteiger partial charge >= 0.3 is 0 Å². The fourth-order valence-electron chi connectivity index (χ4n) is 4.60. The third-order valence-corrected chi connectivity index (χ3v) is 8.48.